The van der Waals surface area contributed by atoms with Crippen LogP contribution in [0.5, 0.6) is 0 Å². The summed E-state index contributed by atoms with van der Waals surface area (Å²) in [4.78, 5) is 2.80. The van der Waals surface area contributed by atoms with E-state index in [0.717, 1.165) is 30.3 Å². The van der Waals surface area contributed by atoms with E-state index in [1.54, 1.807) is 6.42 Å². The lowest BCUT2D eigenvalue weighted by Crippen LogP contribution is -2.47. The molecule has 2 nitrogen and oxygen atoms in total. The van der Waals surface area contributed by atoms with Gasteiger partial charge < -0.3 is 5.73 Å². The topological polar surface area (TPSA) is 29.3 Å². The van der Waals surface area contributed by atoms with Crippen LogP contribution < -0.4 is 5.73 Å². The molecule has 0 amide bonds. The van der Waals surface area contributed by atoms with Crippen molar-refractivity contribution in [3.05, 3.63) is 0 Å². The maximum Gasteiger partial charge on any atom is 0.0218 e. The Morgan fingerprint density at radius 2 is 1.69 bits per heavy atom. The number of hydrogen-bond acceptors (Lipinski definition) is 2. The van der Waals surface area contributed by atoms with Crippen LogP contribution in [0, 0.1) is 17.8 Å². The fourth-order valence-electron chi connectivity index (χ4n) is 4.80. The molecule has 4 fully saturated rings. The number of nitrogens with zero attached hydrogens (tertiary/aromatic N) is 1. The first-order valence-electron chi connectivity index (χ1n) is 7.26. The Hall–Kier alpha value is -0.0800. The van der Waals surface area contributed by atoms with E-state index < -0.39 is 0 Å². The van der Waals surface area contributed by atoms with E-state index in [-0.39, 0.29) is 0 Å². The first-order chi connectivity index (χ1) is 7.80. The molecule has 0 radical (unpaired) electrons. The van der Waals surface area contributed by atoms with Gasteiger partial charge in [-0.25, -0.2) is 0 Å². The van der Waals surface area contributed by atoms with Gasteiger partial charge in [-0.05, 0) is 56.3 Å². The molecule has 2 aliphatic heterocycles. The lowest BCUT2D eigenvalue weighted by molar-refractivity contribution is 0.0963. The summed E-state index contributed by atoms with van der Waals surface area (Å²) in [6, 6.07) is 1.54. The van der Waals surface area contributed by atoms with Crippen molar-refractivity contribution in [1.29, 1.82) is 0 Å². The lowest BCUT2D eigenvalue weighted by Gasteiger charge is -2.41. The van der Waals surface area contributed by atoms with Crippen LogP contribution in [0.2, 0.25) is 0 Å². The molecule has 16 heavy (non-hydrogen) atoms. The normalized spacial score (nSPS) is 44.6. The molecule has 2 heterocycles. The zero-order chi connectivity index (χ0) is 11.1. The van der Waals surface area contributed by atoms with E-state index in [1.165, 1.54) is 38.6 Å². The highest BCUT2D eigenvalue weighted by Crippen LogP contribution is 2.47. The summed E-state index contributed by atoms with van der Waals surface area (Å²) in [5, 5.41) is 0. The van der Waals surface area contributed by atoms with Crippen molar-refractivity contribution in [2.75, 3.05) is 13.1 Å². The summed E-state index contributed by atoms with van der Waals surface area (Å²) in [6.45, 7) is 4.51. The van der Waals surface area contributed by atoms with E-state index in [2.05, 4.69) is 11.8 Å². The Bertz CT molecular complexity index is 235. The fraction of sp³-hybridized carbons (Fsp3) is 1.00. The molecule has 2 heteroatoms. The summed E-state index contributed by atoms with van der Waals surface area (Å²) in [6.07, 6.45) is 8.76. The van der Waals surface area contributed by atoms with E-state index in [9.17, 15) is 0 Å². The summed E-state index contributed by atoms with van der Waals surface area (Å²) < 4.78 is 0. The highest BCUT2D eigenvalue weighted by molar-refractivity contribution is 4.97. The minimum Gasteiger partial charge on any atom is -0.329 e. The predicted molar refractivity (Wildman–Crippen MR) is 67.2 cm³/mol. The molecule has 0 aromatic rings. The van der Waals surface area contributed by atoms with Crippen LogP contribution in [0.1, 0.15) is 45.4 Å². The fourth-order valence-corrected chi connectivity index (χ4v) is 4.80. The standard InChI is InChI=1S/C14H26N2/c1-2-13(8-15)16-9-12-4-10-3-11(5-12)7-14(16)6-10/h10-14H,2-9,15H2,1H3. The highest BCUT2D eigenvalue weighted by atomic mass is 15.2. The minimum atomic E-state index is 0.656. The Balaban J connectivity index is 1.80. The van der Waals surface area contributed by atoms with Crippen molar-refractivity contribution in [2.24, 2.45) is 23.5 Å². The molecule has 2 saturated heterocycles. The van der Waals surface area contributed by atoms with Gasteiger partial charge in [-0.3, -0.25) is 4.90 Å². The molecule has 0 aromatic heterocycles. The molecule has 2 N–H and O–H groups in total. The summed E-state index contributed by atoms with van der Waals surface area (Å²) in [5.74, 6) is 3.11. The molecule has 3 atom stereocenters. The second-order valence-corrected chi connectivity index (χ2v) is 6.42. The largest absolute Gasteiger partial charge is 0.329 e. The van der Waals surface area contributed by atoms with Gasteiger partial charge in [-0.2, -0.15) is 0 Å². The van der Waals surface area contributed by atoms with Crippen LogP contribution >= 0.6 is 0 Å². The molecule has 4 aliphatic rings. The molecular weight excluding hydrogens is 196 g/mol. The van der Waals surface area contributed by atoms with Gasteiger partial charge in [0.25, 0.3) is 0 Å². The molecule has 92 valence electrons. The van der Waals surface area contributed by atoms with Gasteiger partial charge in [0.2, 0.25) is 0 Å². The highest BCUT2D eigenvalue weighted by Gasteiger charge is 2.43. The monoisotopic (exact) mass is 222 g/mol. The number of nitrogens with two attached hydrogens (primary N) is 1. The molecule has 4 rings (SSSR count). The van der Waals surface area contributed by atoms with Crippen LogP contribution in [-0.2, 0) is 0 Å². The molecule has 2 saturated carbocycles. The minimum absolute atomic E-state index is 0.656. The predicted octanol–water partition coefficient (Wildman–Crippen LogP) is 2.23. The number of fused-ring (bicyclic) bond motifs is 1. The van der Waals surface area contributed by atoms with Crippen molar-refractivity contribution >= 4 is 0 Å². The van der Waals surface area contributed by atoms with Crippen molar-refractivity contribution < 1.29 is 0 Å². The van der Waals surface area contributed by atoms with E-state index in [4.69, 9.17) is 5.73 Å². The molecule has 0 spiro atoms. The van der Waals surface area contributed by atoms with E-state index >= 15 is 0 Å². The Morgan fingerprint density at radius 1 is 1.06 bits per heavy atom. The van der Waals surface area contributed by atoms with Crippen molar-refractivity contribution in [1.82, 2.24) is 4.90 Å². The Labute approximate surface area is 99.6 Å². The zero-order valence-electron chi connectivity index (χ0n) is 10.6. The molecule has 2 aliphatic carbocycles. The van der Waals surface area contributed by atoms with Crippen LogP contribution in [-0.4, -0.2) is 30.1 Å². The third kappa shape index (κ3) is 1.80. The Morgan fingerprint density at radius 3 is 2.25 bits per heavy atom. The van der Waals surface area contributed by atoms with Gasteiger partial charge >= 0.3 is 0 Å². The van der Waals surface area contributed by atoms with Gasteiger partial charge in [0.1, 0.15) is 0 Å². The smallest absolute Gasteiger partial charge is 0.0218 e. The van der Waals surface area contributed by atoms with Gasteiger partial charge in [0, 0.05) is 25.2 Å². The van der Waals surface area contributed by atoms with Crippen molar-refractivity contribution in [2.45, 2.75) is 57.5 Å². The third-order valence-electron chi connectivity index (χ3n) is 5.36. The number of rotatable bonds is 3. The van der Waals surface area contributed by atoms with Gasteiger partial charge in [0.05, 0.1) is 0 Å². The summed E-state index contributed by atoms with van der Waals surface area (Å²) in [7, 11) is 0. The van der Waals surface area contributed by atoms with Crippen LogP contribution in [0.4, 0.5) is 0 Å². The maximum atomic E-state index is 5.95. The maximum absolute atomic E-state index is 5.95. The van der Waals surface area contributed by atoms with E-state index in [1.807, 2.05) is 0 Å². The lowest BCUT2D eigenvalue weighted by atomic mass is 9.68. The molecular formula is C14H26N2. The van der Waals surface area contributed by atoms with E-state index in [0.29, 0.717) is 6.04 Å². The second-order valence-electron chi connectivity index (χ2n) is 6.42. The molecule has 3 unspecified atom stereocenters. The quantitative estimate of drug-likeness (QED) is 0.793. The number of hydrogen-bond donors (Lipinski definition) is 1. The molecule has 0 aromatic carbocycles. The van der Waals surface area contributed by atoms with Crippen LogP contribution in [0.3, 0.4) is 0 Å². The SMILES string of the molecule is CCC(CN)N1CC2CC3CC(C2)CC1C3. The van der Waals surface area contributed by atoms with Crippen LogP contribution in [0.25, 0.3) is 0 Å². The molecule has 4 bridgehead atoms. The average Bonchev–Trinajstić information content (AvgIpc) is 2.45. The average molecular weight is 222 g/mol. The van der Waals surface area contributed by atoms with Crippen LogP contribution in [0.15, 0.2) is 0 Å². The van der Waals surface area contributed by atoms with Crippen molar-refractivity contribution in [3.63, 3.8) is 0 Å². The van der Waals surface area contributed by atoms with Crippen molar-refractivity contribution in [3.8, 4) is 0 Å². The van der Waals surface area contributed by atoms with Gasteiger partial charge in [0.15, 0.2) is 0 Å². The summed E-state index contributed by atoms with van der Waals surface area (Å²) in [5.41, 5.74) is 5.95. The first kappa shape index (κ1) is 11.0. The van der Waals surface area contributed by atoms with Gasteiger partial charge in [-0.1, -0.05) is 6.92 Å². The first-order valence-corrected chi connectivity index (χ1v) is 7.26. The summed E-state index contributed by atoms with van der Waals surface area (Å²) >= 11 is 0. The second kappa shape index (κ2) is 4.30. The third-order valence-corrected chi connectivity index (χ3v) is 5.36. The zero-order valence-corrected chi connectivity index (χ0v) is 10.6. The Kier molecular flexibility index (Phi) is 2.97. The van der Waals surface area contributed by atoms with Gasteiger partial charge in [-0.15, -0.1) is 0 Å².